The van der Waals surface area contributed by atoms with Crippen molar-refractivity contribution in [1.29, 1.82) is 0 Å². The molecule has 0 saturated carbocycles. The lowest BCUT2D eigenvalue weighted by Crippen LogP contribution is -2.50. The molecule has 1 unspecified atom stereocenters. The van der Waals surface area contributed by atoms with E-state index in [1.807, 2.05) is 29.2 Å². The fraction of sp³-hybridized carbons (Fsp3) is 0.375. The maximum Gasteiger partial charge on any atom is 0.227 e. The molecule has 34 heavy (non-hydrogen) atoms. The van der Waals surface area contributed by atoms with Crippen molar-refractivity contribution >= 4 is 11.6 Å². The minimum Gasteiger partial charge on any atom is -0.372 e. The van der Waals surface area contributed by atoms with E-state index in [4.69, 9.17) is 11.3 Å². The number of fused-ring (bicyclic) bond motifs is 1. The molecule has 0 radical (unpaired) electrons. The second-order valence-electron chi connectivity index (χ2n) is 8.46. The smallest absolute Gasteiger partial charge is 0.227 e. The predicted molar refractivity (Wildman–Crippen MR) is 121 cm³/mol. The SMILES string of the molecule is [C-]#[N+]c1c(F)ccc2c1CCOC2CN1CCN(C(=O)Cc2ccc(-n3cnnn3)cc2)CC1. The van der Waals surface area contributed by atoms with Crippen LogP contribution in [0.1, 0.15) is 22.8 Å². The summed E-state index contributed by atoms with van der Waals surface area (Å²) in [4.78, 5) is 20.4. The van der Waals surface area contributed by atoms with E-state index in [1.165, 1.54) is 12.4 Å². The third-order valence-electron chi connectivity index (χ3n) is 6.45. The predicted octanol–water partition coefficient (Wildman–Crippen LogP) is 2.35. The number of rotatable bonds is 5. The van der Waals surface area contributed by atoms with Gasteiger partial charge in [0.25, 0.3) is 0 Å². The van der Waals surface area contributed by atoms with Crippen LogP contribution in [-0.2, 0) is 22.4 Å². The van der Waals surface area contributed by atoms with Crippen LogP contribution in [0.2, 0.25) is 0 Å². The molecule has 3 heterocycles. The maximum absolute atomic E-state index is 14.0. The molecule has 3 aromatic rings. The van der Waals surface area contributed by atoms with Crippen LogP contribution in [0.4, 0.5) is 10.1 Å². The van der Waals surface area contributed by atoms with Crippen LogP contribution in [-0.4, -0.2) is 75.2 Å². The minimum atomic E-state index is -0.466. The lowest BCUT2D eigenvalue weighted by Gasteiger charge is -2.38. The highest BCUT2D eigenvalue weighted by atomic mass is 19.1. The van der Waals surface area contributed by atoms with Gasteiger partial charge >= 0.3 is 0 Å². The molecular formula is C24H24FN7O2. The van der Waals surface area contributed by atoms with Crippen LogP contribution in [0.5, 0.6) is 0 Å². The molecule has 1 aromatic heterocycles. The summed E-state index contributed by atoms with van der Waals surface area (Å²) < 4.78 is 21.6. The molecule has 9 nitrogen and oxygen atoms in total. The van der Waals surface area contributed by atoms with E-state index in [-0.39, 0.29) is 17.7 Å². The Bertz CT molecular complexity index is 1200. The highest BCUT2D eigenvalue weighted by Gasteiger charge is 2.28. The zero-order chi connectivity index (χ0) is 23.5. The molecule has 0 spiro atoms. The number of carbonyl (C=O) groups is 1. The number of aromatic nitrogens is 4. The molecule has 0 bridgehead atoms. The average Bonchev–Trinajstić information content (AvgIpc) is 3.40. The van der Waals surface area contributed by atoms with Crippen LogP contribution in [0, 0.1) is 12.4 Å². The van der Waals surface area contributed by atoms with E-state index in [2.05, 4.69) is 25.3 Å². The van der Waals surface area contributed by atoms with E-state index in [1.54, 1.807) is 10.7 Å². The van der Waals surface area contributed by atoms with Crippen molar-refractivity contribution < 1.29 is 13.9 Å². The first-order valence-corrected chi connectivity index (χ1v) is 11.2. The molecule has 174 valence electrons. The Hall–Kier alpha value is -3.68. The van der Waals surface area contributed by atoms with Crippen molar-refractivity contribution in [2.45, 2.75) is 18.9 Å². The molecule has 1 saturated heterocycles. The Balaban J connectivity index is 1.15. The number of halogens is 1. The highest BCUT2D eigenvalue weighted by Crippen LogP contribution is 2.36. The first kappa shape index (κ1) is 22.1. The first-order chi connectivity index (χ1) is 16.6. The highest BCUT2D eigenvalue weighted by molar-refractivity contribution is 5.79. The zero-order valence-corrected chi connectivity index (χ0v) is 18.6. The minimum absolute atomic E-state index is 0.103. The lowest BCUT2D eigenvalue weighted by molar-refractivity contribution is -0.132. The molecule has 0 aliphatic carbocycles. The Morgan fingerprint density at radius 1 is 1.15 bits per heavy atom. The molecule has 1 atom stereocenters. The molecule has 10 heteroatoms. The summed E-state index contributed by atoms with van der Waals surface area (Å²) in [7, 11) is 0. The van der Waals surface area contributed by atoms with Crippen molar-refractivity contribution in [1.82, 2.24) is 30.0 Å². The average molecular weight is 462 g/mol. The monoisotopic (exact) mass is 461 g/mol. The molecule has 2 aliphatic rings. The number of hydrogen-bond donors (Lipinski definition) is 0. The first-order valence-electron chi connectivity index (χ1n) is 11.2. The van der Waals surface area contributed by atoms with E-state index in [0.29, 0.717) is 39.1 Å². The Kier molecular flexibility index (Phi) is 6.29. The van der Waals surface area contributed by atoms with Gasteiger partial charge in [0.2, 0.25) is 11.6 Å². The van der Waals surface area contributed by atoms with Gasteiger partial charge in [-0.1, -0.05) is 18.2 Å². The van der Waals surface area contributed by atoms with E-state index in [9.17, 15) is 9.18 Å². The fourth-order valence-electron chi connectivity index (χ4n) is 4.60. The molecule has 0 N–H and O–H groups in total. The number of ether oxygens (including phenoxy) is 1. The van der Waals surface area contributed by atoms with Crippen molar-refractivity contribution in [3.63, 3.8) is 0 Å². The molecule has 1 amide bonds. The number of amides is 1. The quantitative estimate of drug-likeness (QED) is 0.543. The van der Waals surface area contributed by atoms with Gasteiger partial charge in [-0.3, -0.25) is 9.69 Å². The van der Waals surface area contributed by atoms with Crippen LogP contribution in [0.15, 0.2) is 42.7 Å². The van der Waals surface area contributed by atoms with Crippen LogP contribution >= 0.6 is 0 Å². The fourth-order valence-corrected chi connectivity index (χ4v) is 4.60. The summed E-state index contributed by atoms with van der Waals surface area (Å²) in [6.07, 6.45) is 2.24. The van der Waals surface area contributed by atoms with Crippen molar-refractivity contribution in [2.24, 2.45) is 0 Å². The summed E-state index contributed by atoms with van der Waals surface area (Å²) >= 11 is 0. The number of carbonyl (C=O) groups excluding carboxylic acids is 1. The number of tetrazole rings is 1. The third kappa shape index (κ3) is 4.53. The maximum atomic E-state index is 14.0. The van der Waals surface area contributed by atoms with E-state index >= 15 is 0 Å². The van der Waals surface area contributed by atoms with Crippen molar-refractivity contribution in [3.05, 3.63) is 76.7 Å². The molecule has 2 aliphatic heterocycles. The molecule has 2 aromatic carbocycles. The summed E-state index contributed by atoms with van der Waals surface area (Å²) in [5.74, 6) is -0.363. The van der Waals surface area contributed by atoms with Crippen LogP contribution in [0.25, 0.3) is 10.5 Å². The number of benzene rings is 2. The summed E-state index contributed by atoms with van der Waals surface area (Å²) in [6, 6.07) is 10.7. The molecule has 1 fully saturated rings. The Morgan fingerprint density at radius 2 is 1.94 bits per heavy atom. The normalized spacial score (nSPS) is 18.4. The van der Waals surface area contributed by atoms with Crippen molar-refractivity contribution in [2.75, 3.05) is 39.3 Å². The zero-order valence-electron chi connectivity index (χ0n) is 18.6. The van der Waals surface area contributed by atoms with Gasteiger partial charge in [-0.05, 0) is 51.7 Å². The molecule has 5 rings (SSSR count). The summed E-state index contributed by atoms with van der Waals surface area (Å²) in [6.45, 7) is 11.3. The van der Waals surface area contributed by atoms with Crippen molar-refractivity contribution in [3.8, 4) is 5.69 Å². The number of hydrogen-bond acceptors (Lipinski definition) is 6. The number of piperazine rings is 1. The second-order valence-corrected chi connectivity index (χ2v) is 8.46. The topological polar surface area (TPSA) is 80.7 Å². The van der Waals surface area contributed by atoms with Gasteiger partial charge in [-0.15, -0.1) is 5.10 Å². The number of nitrogens with zero attached hydrogens (tertiary/aromatic N) is 7. The largest absolute Gasteiger partial charge is 0.372 e. The second kappa shape index (κ2) is 9.67. The van der Waals surface area contributed by atoms with Gasteiger partial charge in [0.15, 0.2) is 0 Å². The standard InChI is InChI=1S/C24H24FN7O2/c1-26-24-20-8-13-34-22(19(20)6-7-21(24)25)15-30-9-11-31(12-10-30)23(33)14-17-2-4-18(5-3-17)32-16-27-28-29-32/h2-7,16,22H,8-15H2. The Morgan fingerprint density at radius 3 is 2.65 bits per heavy atom. The van der Waals surface area contributed by atoms with Gasteiger partial charge in [0.05, 0.1) is 31.4 Å². The van der Waals surface area contributed by atoms with E-state index < -0.39 is 5.82 Å². The summed E-state index contributed by atoms with van der Waals surface area (Å²) in [5, 5.41) is 11.1. The van der Waals surface area contributed by atoms with Crippen LogP contribution in [0.3, 0.4) is 0 Å². The van der Waals surface area contributed by atoms with Gasteiger partial charge in [-0.25, -0.2) is 13.9 Å². The van der Waals surface area contributed by atoms with Gasteiger partial charge in [-0.2, -0.15) is 0 Å². The van der Waals surface area contributed by atoms with Gasteiger partial charge in [0, 0.05) is 32.7 Å². The van der Waals surface area contributed by atoms with Gasteiger partial charge < -0.3 is 9.64 Å². The summed E-state index contributed by atoms with van der Waals surface area (Å²) in [5.41, 5.74) is 3.58. The Labute approximate surface area is 196 Å². The van der Waals surface area contributed by atoms with Gasteiger partial charge in [0.1, 0.15) is 12.1 Å². The third-order valence-corrected chi connectivity index (χ3v) is 6.45. The lowest BCUT2D eigenvalue weighted by atomic mass is 9.95. The molecular weight excluding hydrogens is 437 g/mol. The van der Waals surface area contributed by atoms with Crippen LogP contribution < -0.4 is 0 Å². The van der Waals surface area contributed by atoms with E-state index in [0.717, 1.165) is 35.5 Å².